The summed E-state index contributed by atoms with van der Waals surface area (Å²) in [7, 11) is 6.09. The fourth-order valence-corrected chi connectivity index (χ4v) is 1.41. The summed E-state index contributed by atoms with van der Waals surface area (Å²) in [4.78, 5) is 7.16. The molecule has 5 heteroatoms. The van der Waals surface area contributed by atoms with Gasteiger partial charge in [-0.25, -0.2) is 0 Å². The molecule has 1 atom stereocenters. The molecule has 0 amide bonds. The van der Waals surface area contributed by atoms with E-state index in [-0.39, 0.29) is 0 Å². The van der Waals surface area contributed by atoms with Crippen molar-refractivity contribution in [3.8, 4) is 0 Å². The van der Waals surface area contributed by atoms with Crippen LogP contribution in [0, 0.1) is 0 Å². The highest BCUT2D eigenvalue weighted by molar-refractivity contribution is 5.40. The summed E-state index contributed by atoms with van der Waals surface area (Å²) in [6, 6.07) is 1.89. The molecule has 1 aromatic heterocycles. The largest absolute Gasteiger partial charge is 0.372 e. The van der Waals surface area contributed by atoms with Crippen LogP contribution >= 0.6 is 0 Å². The summed E-state index contributed by atoms with van der Waals surface area (Å²) in [6.45, 7) is 2.55. The van der Waals surface area contributed by atoms with E-state index < -0.39 is 6.23 Å². The van der Waals surface area contributed by atoms with Gasteiger partial charge in [-0.05, 0) is 27.2 Å². The van der Waals surface area contributed by atoms with Gasteiger partial charge in [0.15, 0.2) is 0 Å². The summed E-state index contributed by atoms with van der Waals surface area (Å²) in [5.74, 6) is 0. The normalized spacial score (nSPS) is 13.4. The maximum absolute atomic E-state index is 9.78. The number of anilines is 1. The van der Waals surface area contributed by atoms with E-state index in [9.17, 15) is 5.11 Å². The predicted molar refractivity (Wildman–Crippen MR) is 66.5 cm³/mol. The molecule has 0 saturated heterocycles. The van der Waals surface area contributed by atoms with Gasteiger partial charge in [-0.2, -0.15) is 0 Å². The molecule has 3 N–H and O–H groups in total. The molecule has 1 rings (SSSR count). The molecule has 0 aliphatic heterocycles. The van der Waals surface area contributed by atoms with Gasteiger partial charge >= 0.3 is 0 Å². The highest BCUT2D eigenvalue weighted by Crippen LogP contribution is 2.05. The molecule has 0 saturated carbocycles. The van der Waals surface area contributed by atoms with Gasteiger partial charge in [0.1, 0.15) is 6.23 Å². The van der Waals surface area contributed by atoms with Gasteiger partial charge < -0.3 is 25.2 Å². The lowest BCUT2D eigenvalue weighted by Gasteiger charge is -2.22. The number of aromatic amines is 1. The second-order valence-corrected chi connectivity index (χ2v) is 4.33. The first-order valence-corrected chi connectivity index (χ1v) is 5.48. The van der Waals surface area contributed by atoms with Gasteiger partial charge in [0.05, 0.1) is 5.69 Å². The van der Waals surface area contributed by atoms with E-state index in [1.54, 1.807) is 0 Å². The molecule has 92 valence electrons. The van der Waals surface area contributed by atoms with Crippen molar-refractivity contribution in [2.75, 3.05) is 46.1 Å². The minimum atomic E-state index is -0.539. The zero-order chi connectivity index (χ0) is 12.0. The molecule has 5 nitrogen and oxygen atoms in total. The minimum absolute atomic E-state index is 0.539. The van der Waals surface area contributed by atoms with E-state index >= 15 is 0 Å². The Morgan fingerprint density at radius 1 is 1.38 bits per heavy atom. The van der Waals surface area contributed by atoms with Gasteiger partial charge in [-0.3, -0.25) is 0 Å². The van der Waals surface area contributed by atoms with Crippen molar-refractivity contribution in [3.05, 3.63) is 18.5 Å². The molecule has 0 bridgehead atoms. The van der Waals surface area contributed by atoms with Crippen molar-refractivity contribution in [3.63, 3.8) is 0 Å². The monoisotopic (exact) mass is 226 g/mol. The molecule has 16 heavy (non-hydrogen) atoms. The van der Waals surface area contributed by atoms with Gasteiger partial charge in [0.2, 0.25) is 0 Å². The average Bonchev–Trinajstić information content (AvgIpc) is 2.67. The maximum atomic E-state index is 9.78. The van der Waals surface area contributed by atoms with E-state index in [0.29, 0.717) is 6.54 Å². The lowest BCUT2D eigenvalue weighted by atomic mass is 10.4. The Balaban J connectivity index is 2.20. The summed E-state index contributed by atoms with van der Waals surface area (Å²) < 4.78 is 0. The van der Waals surface area contributed by atoms with Crippen LogP contribution in [-0.2, 0) is 0 Å². The van der Waals surface area contributed by atoms with Crippen LogP contribution in [0.15, 0.2) is 18.5 Å². The average molecular weight is 226 g/mol. The molecule has 0 radical (unpaired) electrons. The van der Waals surface area contributed by atoms with Crippen LogP contribution in [0.3, 0.4) is 0 Å². The molecule has 1 heterocycles. The summed E-state index contributed by atoms with van der Waals surface area (Å²) >= 11 is 0. The number of hydrogen-bond acceptors (Lipinski definition) is 4. The van der Waals surface area contributed by atoms with Gasteiger partial charge in [-0.1, -0.05) is 0 Å². The minimum Gasteiger partial charge on any atom is -0.372 e. The van der Waals surface area contributed by atoms with Gasteiger partial charge in [-0.15, -0.1) is 0 Å². The van der Waals surface area contributed by atoms with Crippen molar-refractivity contribution in [2.24, 2.45) is 0 Å². The SMILES string of the molecule is CN(C)CCN(C)CC(O)Nc1cc[nH]c1. The standard InChI is InChI=1S/C11H22N4O/c1-14(2)6-7-15(3)9-11(16)13-10-4-5-12-8-10/h4-5,8,11-13,16H,6-7,9H2,1-3H3. The highest BCUT2D eigenvalue weighted by atomic mass is 16.3. The number of likely N-dealkylation sites (N-methyl/N-ethyl adjacent to an activating group) is 2. The van der Waals surface area contributed by atoms with Crippen LogP contribution in [0.25, 0.3) is 0 Å². The molecule has 0 aliphatic rings. The number of nitrogens with one attached hydrogen (secondary N) is 2. The van der Waals surface area contributed by atoms with Crippen LogP contribution < -0.4 is 5.32 Å². The van der Waals surface area contributed by atoms with Crippen LogP contribution in [0.5, 0.6) is 0 Å². The first-order valence-electron chi connectivity index (χ1n) is 5.48. The molecular formula is C11H22N4O. The number of rotatable bonds is 7. The Labute approximate surface area is 97.1 Å². The Kier molecular flexibility index (Phi) is 5.31. The fourth-order valence-electron chi connectivity index (χ4n) is 1.41. The fraction of sp³-hybridized carbons (Fsp3) is 0.636. The number of aliphatic hydroxyl groups excluding tert-OH is 1. The van der Waals surface area contributed by atoms with Crippen molar-refractivity contribution >= 4 is 5.69 Å². The second kappa shape index (κ2) is 6.52. The molecule has 0 fully saturated rings. The predicted octanol–water partition coefficient (Wildman–Crippen LogP) is 0.238. The Bertz CT molecular complexity index is 274. The molecule has 1 unspecified atom stereocenters. The topological polar surface area (TPSA) is 54.5 Å². The Morgan fingerprint density at radius 2 is 2.12 bits per heavy atom. The van der Waals surface area contributed by atoms with Gasteiger partial charge in [0.25, 0.3) is 0 Å². The van der Waals surface area contributed by atoms with Crippen molar-refractivity contribution < 1.29 is 5.11 Å². The highest BCUT2D eigenvalue weighted by Gasteiger charge is 2.07. The van der Waals surface area contributed by atoms with Crippen LogP contribution in [-0.4, -0.2) is 66.9 Å². The van der Waals surface area contributed by atoms with Crippen molar-refractivity contribution in [1.29, 1.82) is 0 Å². The molecule has 1 aromatic rings. The van der Waals surface area contributed by atoms with Crippen molar-refractivity contribution in [1.82, 2.24) is 14.8 Å². The summed E-state index contributed by atoms with van der Waals surface area (Å²) in [5.41, 5.74) is 0.911. The zero-order valence-corrected chi connectivity index (χ0v) is 10.3. The number of hydrogen-bond donors (Lipinski definition) is 3. The number of aliphatic hydroxyl groups is 1. The van der Waals surface area contributed by atoms with Crippen LogP contribution in [0.4, 0.5) is 5.69 Å². The quantitative estimate of drug-likeness (QED) is 0.583. The summed E-state index contributed by atoms with van der Waals surface area (Å²) in [5, 5.41) is 12.8. The lowest BCUT2D eigenvalue weighted by Crippen LogP contribution is -2.37. The maximum Gasteiger partial charge on any atom is 0.137 e. The van der Waals surface area contributed by atoms with E-state index in [2.05, 4.69) is 20.1 Å². The van der Waals surface area contributed by atoms with Crippen LogP contribution in [0.2, 0.25) is 0 Å². The van der Waals surface area contributed by atoms with Gasteiger partial charge in [0, 0.05) is 32.0 Å². The number of H-pyrrole nitrogens is 1. The third-order valence-electron chi connectivity index (χ3n) is 2.34. The number of aromatic nitrogens is 1. The Morgan fingerprint density at radius 3 is 2.69 bits per heavy atom. The third-order valence-corrected chi connectivity index (χ3v) is 2.34. The van der Waals surface area contributed by atoms with Crippen molar-refractivity contribution in [2.45, 2.75) is 6.23 Å². The smallest absolute Gasteiger partial charge is 0.137 e. The molecule has 0 spiro atoms. The first kappa shape index (κ1) is 13.0. The lowest BCUT2D eigenvalue weighted by molar-refractivity contribution is 0.143. The Hall–Kier alpha value is -1.04. The third kappa shape index (κ3) is 5.16. The van der Waals surface area contributed by atoms with Crippen LogP contribution in [0.1, 0.15) is 0 Å². The number of nitrogens with zero attached hydrogens (tertiary/aromatic N) is 2. The van der Waals surface area contributed by atoms with E-state index in [0.717, 1.165) is 18.8 Å². The van der Waals surface area contributed by atoms with E-state index in [4.69, 9.17) is 0 Å². The molecule has 0 aliphatic carbocycles. The van der Waals surface area contributed by atoms with E-state index in [1.165, 1.54) is 0 Å². The molecular weight excluding hydrogens is 204 g/mol. The molecule has 0 aromatic carbocycles. The summed E-state index contributed by atoms with van der Waals surface area (Å²) in [6.07, 6.45) is 3.11. The zero-order valence-electron chi connectivity index (χ0n) is 10.3. The van der Waals surface area contributed by atoms with E-state index in [1.807, 2.05) is 39.6 Å². The first-order chi connectivity index (χ1) is 7.58. The second-order valence-electron chi connectivity index (χ2n) is 4.33.